The average molecular weight is 395 g/mol. The molecule has 0 aliphatic heterocycles. The first-order valence-electron chi connectivity index (χ1n) is 7.94. The molecule has 0 saturated carbocycles. The van der Waals surface area contributed by atoms with Crippen LogP contribution >= 0.6 is 11.6 Å². The summed E-state index contributed by atoms with van der Waals surface area (Å²) in [6, 6.07) is 12.4. The molecule has 6 nitrogen and oxygen atoms in total. The Kier molecular flexibility index (Phi) is 6.76. The number of hydrogen-bond donors (Lipinski definition) is 2. The van der Waals surface area contributed by atoms with E-state index in [9.17, 15) is 18.0 Å². The molecule has 0 aromatic heterocycles. The minimum Gasteiger partial charge on any atom is -0.352 e. The van der Waals surface area contributed by atoms with Gasteiger partial charge >= 0.3 is 0 Å². The first-order valence-corrected chi connectivity index (χ1v) is 9.97. The van der Waals surface area contributed by atoms with Crippen molar-refractivity contribution in [2.45, 2.75) is 18.4 Å². The molecule has 138 valence electrons. The average Bonchev–Trinajstić information content (AvgIpc) is 2.60. The molecular formula is C18H19ClN2O4S. The maximum Gasteiger partial charge on any atom is 0.251 e. The van der Waals surface area contributed by atoms with Crippen molar-refractivity contribution in [2.75, 3.05) is 12.3 Å². The van der Waals surface area contributed by atoms with Crippen LogP contribution in [0.4, 0.5) is 0 Å². The van der Waals surface area contributed by atoms with E-state index in [1.807, 2.05) is 6.92 Å². The van der Waals surface area contributed by atoms with Crippen molar-refractivity contribution in [3.05, 3.63) is 64.7 Å². The molecule has 0 heterocycles. The van der Waals surface area contributed by atoms with E-state index in [2.05, 4.69) is 10.6 Å². The largest absolute Gasteiger partial charge is 0.352 e. The molecule has 2 aromatic rings. The molecule has 2 aromatic carbocycles. The van der Waals surface area contributed by atoms with Crippen LogP contribution in [0.2, 0.25) is 5.02 Å². The quantitative estimate of drug-likeness (QED) is 0.752. The summed E-state index contributed by atoms with van der Waals surface area (Å²) in [5, 5.41) is 5.68. The van der Waals surface area contributed by atoms with E-state index in [-0.39, 0.29) is 17.3 Å². The minimum absolute atomic E-state index is 0.0448. The fourth-order valence-corrected chi connectivity index (χ4v) is 3.48. The second-order valence-electron chi connectivity index (χ2n) is 5.55. The molecule has 2 rings (SSSR count). The molecule has 2 amide bonds. The second kappa shape index (κ2) is 8.82. The Balaban J connectivity index is 1.92. The Morgan fingerprint density at radius 3 is 2.15 bits per heavy atom. The molecule has 0 bridgehead atoms. The highest BCUT2D eigenvalue weighted by molar-refractivity contribution is 7.92. The molecule has 0 atom stereocenters. The van der Waals surface area contributed by atoms with Gasteiger partial charge in [-0.1, -0.05) is 23.7 Å². The smallest absolute Gasteiger partial charge is 0.251 e. The summed E-state index contributed by atoms with van der Waals surface area (Å²) in [4.78, 5) is 23.7. The zero-order valence-corrected chi connectivity index (χ0v) is 15.7. The number of carbonyl (C=O) groups excluding carboxylic acids is 2. The van der Waals surface area contributed by atoms with Gasteiger partial charge in [-0.2, -0.15) is 0 Å². The van der Waals surface area contributed by atoms with Gasteiger partial charge in [0.15, 0.2) is 9.84 Å². The third-order valence-electron chi connectivity index (χ3n) is 3.54. The summed E-state index contributed by atoms with van der Waals surface area (Å²) < 4.78 is 24.4. The predicted molar refractivity (Wildman–Crippen MR) is 99.8 cm³/mol. The fraction of sp³-hybridized carbons (Fsp3) is 0.222. The molecule has 8 heteroatoms. The number of nitrogens with one attached hydrogen (secondary N) is 2. The van der Waals surface area contributed by atoms with Crippen molar-refractivity contribution in [2.24, 2.45) is 0 Å². The van der Waals surface area contributed by atoms with Gasteiger partial charge in [-0.05, 0) is 48.9 Å². The Morgan fingerprint density at radius 2 is 1.58 bits per heavy atom. The molecule has 0 spiro atoms. The summed E-state index contributed by atoms with van der Waals surface area (Å²) >= 11 is 5.73. The molecule has 0 unspecified atom stereocenters. The summed E-state index contributed by atoms with van der Waals surface area (Å²) in [7, 11) is -3.73. The van der Waals surface area contributed by atoms with Crippen LogP contribution in [0.1, 0.15) is 22.8 Å². The first kappa shape index (κ1) is 19.9. The Morgan fingerprint density at radius 1 is 0.962 bits per heavy atom. The lowest BCUT2D eigenvalue weighted by Gasteiger charge is -2.08. The lowest BCUT2D eigenvalue weighted by atomic mass is 10.1. The Labute approximate surface area is 157 Å². The van der Waals surface area contributed by atoms with Gasteiger partial charge in [0, 0.05) is 23.7 Å². The van der Waals surface area contributed by atoms with Crippen molar-refractivity contribution in [1.82, 2.24) is 10.6 Å². The van der Waals surface area contributed by atoms with Crippen molar-refractivity contribution in [3.8, 4) is 0 Å². The van der Waals surface area contributed by atoms with Crippen LogP contribution in [0.25, 0.3) is 0 Å². The number of carbonyl (C=O) groups is 2. The van der Waals surface area contributed by atoms with E-state index in [0.29, 0.717) is 17.1 Å². The number of sulfone groups is 1. The normalized spacial score (nSPS) is 11.0. The van der Waals surface area contributed by atoms with Crippen LogP contribution < -0.4 is 10.6 Å². The van der Waals surface area contributed by atoms with E-state index >= 15 is 0 Å². The van der Waals surface area contributed by atoms with Crippen LogP contribution in [-0.2, 0) is 21.2 Å². The predicted octanol–water partition coefficient (Wildman–Crippen LogP) is 2.18. The summed E-state index contributed by atoms with van der Waals surface area (Å²) in [5.74, 6) is -1.42. The number of hydrogen-bond acceptors (Lipinski definition) is 4. The maximum atomic E-state index is 12.2. The van der Waals surface area contributed by atoms with Crippen LogP contribution in [0.3, 0.4) is 0 Å². The van der Waals surface area contributed by atoms with Gasteiger partial charge in [-0.15, -0.1) is 0 Å². The van der Waals surface area contributed by atoms with Crippen molar-refractivity contribution in [1.29, 1.82) is 0 Å². The third-order valence-corrected chi connectivity index (χ3v) is 5.42. The topological polar surface area (TPSA) is 92.3 Å². The fourth-order valence-electron chi connectivity index (χ4n) is 2.19. The van der Waals surface area contributed by atoms with Crippen molar-refractivity contribution in [3.63, 3.8) is 0 Å². The third kappa shape index (κ3) is 5.57. The SMILES string of the molecule is CCNC(=O)c1ccc(CNC(=O)CS(=O)(=O)c2ccc(Cl)cc2)cc1. The number of halogens is 1. The molecule has 0 aliphatic rings. The van der Waals surface area contributed by atoms with Gasteiger partial charge in [0.2, 0.25) is 5.91 Å². The first-order chi connectivity index (χ1) is 12.3. The summed E-state index contributed by atoms with van der Waals surface area (Å²) in [6.45, 7) is 2.54. The standard InChI is InChI=1S/C18H19ClN2O4S/c1-2-20-18(23)14-5-3-13(4-6-14)11-21-17(22)12-26(24,25)16-9-7-15(19)8-10-16/h3-10H,2,11-12H2,1H3,(H,20,23)(H,21,22). The van der Waals surface area contributed by atoms with E-state index in [1.165, 1.54) is 24.3 Å². The van der Waals surface area contributed by atoms with E-state index < -0.39 is 21.5 Å². The van der Waals surface area contributed by atoms with Gasteiger partial charge in [0.25, 0.3) is 5.91 Å². The molecule has 2 N–H and O–H groups in total. The van der Waals surface area contributed by atoms with Crippen LogP contribution in [-0.4, -0.2) is 32.5 Å². The molecule has 26 heavy (non-hydrogen) atoms. The minimum atomic E-state index is -3.73. The molecule has 0 aliphatic carbocycles. The van der Waals surface area contributed by atoms with Gasteiger partial charge in [0.1, 0.15) is 5.75 Å². The van der Waals surface area contributed by atoms with E-state index in [0.717, 1.165) is 5.56 Å². The van der Waals surface area contributed by atoms with E-state index in [1.54, 1.807) is 24.3 Å². The lowest BCUT2D eigenvalue weighted by Crippen LogP contribution is -2.30. The summed E-state index contributed by atoms with van der Waals surface area (Å²) in [6.07, 6.45) is 0. The van der Waals surface area contributed by atoms with Crippen LogP contribution in [0, 0.1) is 0 Å². The number of rotatable bonds is 7. The highest BCUT2D eigenvalue weighted by atomic mass is 35.5. The van der Waals surface area contributed by atoms with Crippen LogP contribution in [0.5, 0.6) is 0 Å². The highest BCUT2D eigenvalue weighted by Crippen LogP contribution is 2.15. The highest BCUT2D eigenvalue weighted by Gasteiger charge is 2.19. The van der Waals surface area contributed by atoms with Gasteiger partial charge in [-0.3, -0.25) is 9.59 Å². The van der Waals surface area contributed by atoms with Crippen molar-refractivity contribution >= 4 is 33.3 Å². The molecule has 0 fully saturated rings. The maximum absolute atomic E-state index is 12.2. The zero-order chi connectivity index (χ0) is 19.2. The molecule has 0 radical (unpaired) electrons. The number of amides is 2. The molecular weight excluding hydrogens is 376 g/mol. The van der Waals surface area contributed by atoms with Gasteiger partial charge < -0.3 is 10.6 Å². The second-order valence-corrected chi connectivity index (χ2v) is 7.97. The Bertz CT molecular complexity index is 878. The van der Waals surface area contributed by atoms with E-state index in [4.69, 9.17) is 11.6 Å². The van der Waals surface area contributed by atoms with Crippen LogP contribution in [0.15, 0.2) is 53.4 Å². The zero-order valence-electron chi connectivity index (χ0n) is 14.2. The van der Waals surface area contributed by atoms with Gasteiger partial charge in [-0.25, -0.2) is 8.42 Å². The van der Waals surface area contributed by atoms with Crippen molar-refractivity contribution < 1.29 is 18.0 Å². The summed E-state index contributed by atoms with van der Waals surface area (Å²) in [5.41, 5.74) is 1.28. The number of benzene rings is 2. The monoisotopic (exact) mass is 394 g/mol. The van der Waals surface area contributed by atoms with Gasteiger partial charge in [0.05, 0.1) is 4.90 Å². The Hall–Kier alpha value is -2.38. The lowest BCUT2D eigenvalue weighted by molar-refractivity contribution is -0.118. The molecule has 0 saturated heterocycles.